The molecule has 0 saturated carbocycles. The summed E-state index contributed by atoms with van der Waals surface area (Å²) in [5.41, 5.74) is 0.880. The van der Waals surface area contributed by atoms with Crippen LogP contribution in [-0.4, -0.2) is 21.2 Å². The molecule has 0 atom stereocenters. The molecule has 0 unspecified atom stereocenters. The Hall–Kier alpha value is -0.940. The number of nitrogens with zero attached hydrogens (tertiary/aromatic N) is 3. The van der Waals surface area contributed by atoms with Crippen LogP contribution in [0.5, 0.6) is 0 Å². The number of hydrogen-bond donors (Lipinski definition) is 0. The second kappa shape index (κ2) is 3.85. The Balaban J connectivity index is 2.51. The van der Waals surface area contributed by atoms with Crippen LogP contribution in [0.25, 0.3) is 10.7 Å². The molecule has 3 nitrogen and oxygen atoms in total. The smallest absolute Gasteiger partial charge is 0.144 e. The predicted molar refractivity (Wildman–Crippen MR) is 54.9 cm³/mol. The largest absolute Gasteiger partial charge is 0.249 e. The van der Waals surface area contributed by atoms with E-state index in [0.717, 1.165) is 15.7 Å². The van der Waals surface area contributed by atoms with E-state index in [2.05, 4.69) is 15.0 Å². The summed E-state index contributed by atoms with van der Waals surface area (Å²) in [5.74, 6) is 0. The molecule has 0 spiro atoms. The Morgan fingerprint density at radius 1 is 1.15 bits per heavy atom. The molecule has 0 amide bonds. The molecule has 2 heterocycles. The molecule has 0 fully saturated rings. The van der Waals surface area contributed by atoms with E-state index in [1.807, 2.05) is 11.6 Å². The standard InChI is InChI=1S/C8H7N3S2/c1-12-7-6(9-2-3-10-7)8-11-4-5-13-8/h2-5H,1H3. The monoisotopic (exact) mass is 209 g/mol. The zero-order valence-electron chi connectivity index (χ0n) is 6.97. The van der Waals surface area contributed by atoms with Crippen molar-refractivity contribution < 1.29 is 0 Å². The van der Waals surface area contributed by atoms with Crippen molar-refractivity contribution in [3.63, 3.8) is 0 Å². The highest BCUT2D eigenvalue weighted by molar-refractivity contribution is 7.98. The van der Waals surface area contributed by atoms with Gasteiger partial charge >= 0.3 is 0 Å². The molecular weight excluding hydrogens is 202 g/mol. The molecule has 0 aliphatic rings. The Labute approximate surface area is 84.3 Å². The summed E-state index contributed by atoms with van der Waals surface area (Å²) >= 11 is 3.17. The summed E-state index contributed by atoms with van der Waals surface area (Å²) in [7, 11) is 0. The summed E-state index contributed by atoms with van der Waals surface area (Å²) < 4.78 is 0. The van der Waals surface area contributed by atoms with Crippen LogP contribution in [0, 0.1) is 0 Å². The van der Waals surface area contributed by atoms with Crippen molar-refractivity contribution in [1.82, 2.24) is 15.0 Å². The number of hydrogen-bond acceptors (Lipinski definition) is 5. The van der Waals surface area contributed by atoms with E-state index in [0.29, 0.717) is 0 Å². The maximum Gasteiger partial charge on any atom is 0.144 e. The predicted octanol–water partition coefficient (Wildman–Crippen LogP) is 2.32. The van der Waals surface area contributed by atoms with Gasteiger partial charge in [0.2, 0.25) is 0 Å². The molecule has 2 aromatic heterocycles. The Morgan fingerprint density at radius 2 is 2.00 bits per heavy atom. The van der Waals surface area contributed by atoms with E-state index in [4.69, 9.17) is 0 Å². The number of thioether (sulfide) groups is 1. The average Bonchev–Trinajstić information content (AvgIpc) is 2.70. The van der Waals surface area contributed by atoms with Crippen LogP contribution >= 0.6 is 23.1 Å². The molecular formula is C8H7N3S2. The van der Waals surface area contributed by atoms with Gasteiger partial charge in [-0.1, -0.05) is 0 Å². The first-order chi connectivity index (χ1) is 6.42. The van der Waals surface area contributed by atoms with Gasteiger partial charge in [0.25, 0.3) is 0 Å². The van der Waals surface area contributed by atoms with Crippen LogP contribution in [0.3, 0.4) is 0 Å². The van der Waals surface area contributed by atoms with Gasteiger partial charge in [0, 0.05) is 24.0 Å². The van der Waals surface area contributed by atoms with E-state index < -0.39 is 0 Å². The van der Waals surface area contributed by atoms with Crippen molar-refractivity contribution in [3.05, 3.63) is 24.0 Å². The first kappa shape index (κ1) is 8.65. The van der Waals surface area contributed by atoms with Gasteiger partial charge in [0.15, 0.2) is 0 Å². The van der Waals surface area contributed by atoms with Gasteiger partial charge in [0.05, 0.1) is 0 Å². The number of thiazole rings is 1. The minimum atomic E-state index is 0.880. The average molecular weight is 209 g/mol. The summed E-state index contributed by atoms with van der Waals surface area (Å²) in [5, 5.41) is 3.80. The molecule has 2 rings (SSSR count). The Bertz CT molecular complexity index is 386. The molecule has 0 aliphatic carbocycles. The van der Waals surface area contributed by atoms with Crippen LogP contribution in [0.2, 0.25) is 0 Å². The van der Waals surface area contributed by atoms with Gasteiger partial charge in [-0.2, -0.15) is 0 Å². The van der Waals surface area contributed by atoms with E-state index >= 15 is 0 Å². The van der Waals surface area contributed by atoms with Crippen molar-refractivity contribution in [2.75, 3.05) is 6.26 Å². The molecule has 0 aliphatic heterocycles. The minimum absolute atomic E-state index is 0.880. The van der Waals surface area contributed by atoms with Gasteiger partial charge in [-0.3, -0.25) is 0 Å². The highest BCUT2D eigenvalue weighted by atomic mass is 32.2. The SMILES string of the molecule is CSc1nccnc1-c1nccs1. The molecule has 5 heteroatoms. The number of aromatic nitrogens is 3. The first-order valence-electron chi connectivity index (χ1n) is 3.66. The molecule has 0 saturated heterocycles. The van der Waals surface area contributed by atoms with Crippen LogP contribution in [0.15, 0.2) is 29.0 Å². The second-order valence-corrected chi connectivity index (χ2v) is 3.94. The van der Waals surface area contributed by atoms with Crippen LogP contribution < -0.4 is 0 Å². The normalized spacial score (nSPS) is 10.2. The van der Waals surface area contributed by atoms with Gasteiger partial charge in [-0.25, -0.2) is 15.0 Å². The van der Waals surface area contributed by atoms with Crippen molar-refractivity contribution in [2.45, 2.75) is 5.03 Å². The van der Waals surface area contributed by atoms with E-state index in [1.165, 1.54) is 0 Å². The van der Waals surface area contributed by atoms with E-state index in [-0.39, 0.29) is 0 Å². The van der Waals surface area contributed by atoms with Crippen LogP contribution in [0.1, 0.15) is 0 Å². The molecule has 0 radical (unpaired) electrons. The highest BCUT2D eigenvalue weighted by Gasteiger charge is 2.08. The van der Waals surface area contributed by atoms with Gasteiger partial charge in [-0.15, -0.1) is 23.1 Å². The first-order valence-corrected chi connectivity index (χ1v) is 5.77. The lowest BCUT2D eigenvalue weighted by atomic mass is 10.5. The highest BCUT2D eigenvalue weighted by Crippen LogP contribution is 2.26. The maximum atomic E-state index is 4.26. The van der Waals surface area contributed by atoms with Crippen LogP contribution in [0.4, 0.5) is 0 Å². The molecule has 0 N–H and O–H groups in total. The molecule has 0 aromatic carbocycles. The van der Waals surface area contributed by atoms with Gasteiger partial charge in [0.1, 0.15) is 15.7 Å². The summed E-state index contributed by atoms with van der Waals surface area (Å²) in [4.78, 5) is 12.7. The fraction of sp³-hybridized carbons (Fsp3) is 0.125. The van der Waals surface area contributed by atoms with Crippen LogP contribution in [-0.2, 0) is 0 Å². The molecule has 66 valence electrons. The zero-order valence-corrected chi connectivity index (χ0v) is 8.60. The lowest BCUT2D eigenvalue weighted by Crippen LogP contribution is -1.88. The van der Waals surface area contributed by atoms with Crippen molar-refractivity contribution in [2.24, 2.45) is 0 Å². The number of rotatable bonds is 2. The third-order valence-electron chi connectivity index (χ3n) is 1.49. The zero-order chi connectivity index (χ0) is 9.10. The molecule has 13 heavy (non-hydrogen) atoms. The topological polar surface area (TPSA) is 38.7 Å². The van der Waals surface area contributed by atoms with E-state index in [1.54, 1.807) is 41.7 Å². The summed E-state index contributed by atoms with van der Waals surface area (Å²) in [6, 6.07) is 0. The summed E-state index contributed by atoms with van der Waals surface area (Å²) in [6.45, 7) is 0. The third-order valence-corrected chi connectivity index (χ3v) is 2.96. The Kier molecular flexibility index (Phi) is 2.56. The fourth-order valence-electron chi connectivity index (χ4n) is 0.962. The lowest BCUT2D eigenvalue weighted by molar-refractivity contribution is 1.06. The third kappa shape index (κ3) is 1.71. The van der Waals surface area contributed by atoms with Crippen molar-refractivity contribution in [1.29, 1.82) is 0 Å². The maximum absolute atomic E-state index is 4.26. The summed E-state index contributed by atoms with van der Waals surface area (Å²) in [6.07, 6.45) is 7.15. The Morgan fingerprint density at radius 3 is 2.69 bits per heavy atom. The van der Waals surface area contributed by atoms with Crippen molar-refractivity contribution in [3.8, 4) is 10.7 Å². The molecule has 0 bridgehead atoms. The van der Waals surface area contributed by atoms with Gasteiger partial charge in [-0.05, 0) is 6.26 Å². The van der Waals surface area contributed by atoms with Crippen molar-refractivity contribution >= 4 is 23.1 Å². The van der Waals surface area contributed by atoms with Gasteiger partial charge < -0.3 is 0 Å². The van der Waals surface area contributed by atoms with E-state index in [9.17, 15) is 0 Å². The second-order valence-electron chi connectivity index (χ2n) is 2.25. The fourth-order valence-corrected chi connectivity index (χ4v) is 2.17. The lowest BCUT2D eigenvalue weighted by Gasteiger charge is -1.99. The molecule has 2 aromatic rings. The quantitative estimate of drug-likeness (QED) is 0.711. The minimum Gasteiger partial charge on any atom is -0.249 e.